The highest BCUT2D eigenvalue weighted by Gasteiger charge is 2.27. The molecule has 0 unspecified atom stereocenters. The Bertz CT molecular complexity index is 588. The molecule has 1 aromatic carbocycles. The van der Waals surface area contributed by atoms with E-state index in [1.807, 2.05) is 0 Å². The molecule has 1 aliphatic rings. The van der Waals surface area contributed by atoms with Gasteiger partial charge in [-0.15, -0.1) is 24.0 Å². The van der Waals surface area contributed by atoms with E-state index < -0.39 is 6.61 Å². The molecule has 0 saturated heterocycles. The third-order valence-electron chi connectivity index (χ3n) is 4.07. The van der Waals surface area contributed by atoms with Gasteiger partial charge in [0.05, 0.1) is 0 Å². The number of likely N-dealkylation sites (N-methyl/N-ethyl adjacent to an activating group) is 1. The molecule has 9 heteroatoms. The van der Waals surface area contributed by atoms with Crippen molar-refractivity contribution in [1.29, 1.82) is 0 Å². The quantitative estimate of drug-likeness (QED) is 0.307. The van der Waals surface area contributed by atoms with Crippen molar-refractivity contribution in [1.82, 2.24) is 15.5 Å². The number of hydrogen-bond donors (Lipinski definition) is 2. The first-order chi connectivity index (χ1) is 12.0. The maximum absolute atomic E-state index is 12.5. The van der Waals surface area contributed by atoms with E-state index in [1.165, 1.54) is 25.0 Å². The molecular weight excluding hydrogens is 477 g/mol. The summed E-state index contributed by atoms with van der Waals surface area (Å²) in [6.07, 6.45) is 2.56. The van der Waals surface area contributed by atoms with Gasteiger partial charge in [-0.3, -0.25) is 9.89 Å². The molecule has 0 bridgehead atoms. The lowest BCUT2D eigenvalue weighted by Gasteiger charge is -2.21. The van der Waals surface area contributed by atoms with Crippen LogP contribution in [0.25, 0.3) is 0 Å². The van der Waals surface area contributed by atoms with E-state index in [2.05, 4.69) is 32.2 Å². The van der Waals surface area contributed by atoms with Gasteiger partial charge in [0, 0.05) is 43.3 Å². The zero-order chi connectivity index (χ0) is 18.2. The van der Waals surface area contributed by atoms with Crippen LogP contribution in [-0.2, 0) is 6.54 Å². The third-order valence-corrected chi connectivity index (χ3v) is 4.30. The zero-order valence-electron chi connectivity index (χ0n) is 15.0. The molecule has 0 amide bonds. The summed E-state index contributed by atoms with van der Waals surface area (Å²) in [5.74, 6) is 0.711. The van der Waals surface area contributed by atoms with Crippen LogP contribution in [0.1, 0.15) is 25.3 Å². The van der Waals surface area contributed by atoms with Gasteiger partial charge in [0.2, 0.25) is 0 Å². The van der Waals surface area contributed by atoms with Crippen molar-refractivity contribution in [2.24, 2.45) is 4.99 Å². The second-order valence-corrected chi connectivity index (χ2v) is 6.28. The number of rotatable bonds is 9. The Kier molecular flexibility index (Phi) is 10.5. The van der Waals surface area contributed by atoms with Crippen LogP contribution in [0.4, 0.5) is 8.78 Å². The fourth-order valence-electron chi connectivity index (χ4n) is 2.65. The number of nitrogens with zero attached hydrogens (tertiary/aromatic N) is 2. The zero-order valence-corrected chi connectivity index (χ0v) is 18.1. The van der Waals surface area contributed by atoms with Crippen molar-refractivity contribution in [3.63, 3.8) is 0 Å². The number of nitrogens with one attached hydrogen (secondary N) is 2. The highest BCUT2D eigenvalue weighted by atomic mass is 127. The molecule has 1 aromatic rings. The molecule has 0 heterocycles. The number of guanidine groups is 1. The minimum atomic E-state index is -2.88. The van der Waals surface area contributed by atoms with Crippen LogP contribution in [0.5, 0.6) is 5.75 Å². The molecule has 1 aliphatic carbocycles. The molecule has 148 valence electrons. The SMILES string of the molecule is CCN(CCNC(=NC)NCc1cc(Cl)ccc1OC(F)F)C1CC1.I. The maximum Gasteiger partial charge on any atom is 0.387 e. The number of ether oxygens (including phenoxy) is 1. The second-order valence-electron chi connectivity index (χ2n) is 5.84. The van der Waals surface area contributed by atoms with Gasteiger partial charge in [0.15, 0.2) is 5.96 Å². The first-order valence-corrected chi connectivity index (χ1v) is 8.83. The van der Waals surface area contributed by atoms with Crippen LogP contribution >= 0.6 is 35.6 Å². The van der Waals surface area contributed by atoms with Crippen LogP contribution in [0.2, 0.25) is 5.02 Å². The molecular formula is C17H26ClF2IN4O. The highest BCUT2D eigenvalue weighted by Crippen LogP contribution is 2.26. The van der Waals surface area contributed by atoms with Gasteiger partial charge < -0.3 is 15.4 Å². The first kappa shape index (κ1) is 23.2. The summed E-state index contributed by atoms with van der Waals surface area (Å²) < 4.78 is 29.5. The van der Waals surface area contributed by atoms with E-state index in [9.17, 15) is 8.78 Å². The van der Waals surface area contributed by atoms with Gasteiger partial charge >= 0.3 is 6.61 Å². The Hall–Kier alpha value is -0.870. The van der Waals surface area contributed by atoms with Gasteiger partial charge in [-0.2, -0.15) is 8.78 Å². The van der Waals surface area contributed by atoms with E-state index in [0.29, 0.717) is 16.5 Å². The normalized spacial score (nSPS) is 14.3. The summed E-state index contributed by atoms with van der Waals surface area (Å²) in [7, 11) is 1.67. The first-order valence-electron chi connectivity index (χ1n) is 8.45. The van der Waals surface area contributed by atoms with Gasteiger partial charge in [-0.1, -0.05) is 18.5 Å². The van der Waals surface area contributed by atoms with Crippen molar-refractivity contribution in [2.45, 2.75) is 39.0 Å². The smallest absolute Gasteiger partial charge is 0.387 e. The van der Waals surface area contributed by atoms with E-state index >= 15 is 0 Å². The standard InChI is InChI=1S/C17H25ClF2N4O.HI/c1-3-24(14-5-6-14)9-8-22-17(21-2)23-11-12-10-13(18)4-7-15(12)25-16(19)20;/h4,7,10,14,16H,3,5-6,8-9,11H2,1-2H3,(H2,21,22,23);1H. The molecule has 1 saturated carbocycles. The van der Waals surface area contributed by atoms with E-state index in [1.54, 1.807) is 13.1 Å². The second kappa shape index (κ2) is 11.8. The van der Waals surface area contributed by atoms with Gasteiger partial charge in [-0.05, 0) is 37.6 Å². The molecule has 2 N–H and O–H groups in total. The Morgan fingerprint density at radius 2 is 2.12 bits per heavy atom. The topological polar surface area (TPSA) is 48.9 Å². The Balaban J connectivity index is 0.00000338. The summed E-state index contributed by atoms with van der Waals surface area (Å²) in [6.45, 7) is 2.31. The molecule has 0 spiro atoms. The van der Waals surface area contributed by atoms with Crippen molar-refractivity contribution < 1.29 is 13.5 Å². The number of aliphatic imine (C=N–C) groups is 1. The average molecular weight is 503 g/mol. The number of benzene rings is 1. The van der Waals surface area contributed by atoms with E-state index in [0.717, 1.165) is 25.7 Å². The summed E-state index contributed by atoms with van der Waals surface area (Å²) >= 11 is 5.95. The van der Waals surface area contributed by atoms with Crippen LogP contribution < -0.4 is 15.4 Å². The largest absolute Gasteiger partial charge is 0.434 e. The van der Waals surface area contributed by atoms with Crippen LogP contribution in [0.3, 0.4) is 0 Å². The molecule has 0 aromatic heterocycles. The summed E-state index contributed by atoms with van der Waals surface area (Å²) in [5.41, 5.74) is 0.545. The number of alkyl halides is 2. The molecule has 1 fully saturated rings. The highest BCUT2D eigenvalue weighted by molar-refractivity contribution is 14.0. The van der Waals surface area contributed by atoms with Crippen LogP contribution in [-0.4, -0.2) is 50.2 Å². The lowest BCUT2D eigenvalue weighted by Crippen LogP contribution is -2.41. The molecule has 0 atom stereocenters. The minimum absolute atomic E-state index is 0. The molecule has 5 nitrogen and oxygen atoms in total. The summed E-state index contributed by atoms with van der Waals surface area (Å²) in [6, 6.07) is 5.29. The molecule has 2 rings (SSSR count). The van der Waals surface area contributed by atoms with E-state index in [4.69, 9.17) is 11.6 Å². The van der Waals surface area contributed by atoms with Gasteiger partial charge in [0.25, 0.3) is 0 Å². The minimum Gasteiger partial charge on any atom is -0.434 e. The fraction of sp³-hybridized carbons (Fsp3) is 0.588. The number of hydrogen-bond acceptors (Lipinski definition) is 3. The fourth-order valence-corrected chi connectivity index (χ4v) is 2.85. The Labute approximate surface area is 175 Å². The van der Waals surface area contributed by atoms with E-state index in [-0.39, 0.29) is 36.3 Å². The number of halogens is 4. The van der Waals surface area contributed by atoms with Gasteiger partial charge in [0.1, 0.15) is 5.75 Å². The van der Waals surface area contributed by atoms with Crippen LogP contribution in [0, 0.1) is 0 Å². The van der Waals surface area contributed by atoms with Crippen molar-refractivity contribution in [3.8, 4) is 5.75 Å². The lowest BCUT2D eigenvalue weighted by atomic mass is 10.2. The molecule has 0 aliphatic heterocycles. The van der Waals surface area contributed by atoms with Crippen molar-refractivity contribution >= 4 is 41.5 Å². The predicted molar refractivity (Wildman–Crippen MR) is 112 cm³/mol. The van der Waals surface area contributed by atoms with Crippen molar-refractivity contribution in [3.05, 3.63) is 28.8 Å². The molecule has 0 radical (unpaired) electrons. The predicted octanol–water partition coefficient (Wildman–Crippen LogP) is 3.71. The Morgan fingerprint density at radius 1 is 1.38 bits per heavy atom. The summed E-state index contributed by atoms with van der Waals surface area (Å²) in [4.78, 5) is 6.59. The van der Waals surface area contributed by atoms with Crippen molar-refractivity contribution in [2.75, 3.05) is 26.7 Å². The third kappa shape index (κ3) is 7.79. The van der Waals surface area contributed by atoms with Gasteiger partial charge in [-0.25, -0.2) is 0 Å². The van der Waals surface area contributed by atoms with Crippen LogP contribution in [0.15, 0.2) is 23.2 Å². The molecule has 26 heavy (non-hydrogen) atoms. The Morgan fingerprint density at radius 3 is 2.69 bits per heavy atom. The average Bonchev–Trinajstić information content (AvgIpc) is 3.41. The monoisotopic (exact) mass is 502 g/mol. The lowest BCUT2D eigenvalue weighted by molar-refractivity contribution is -0.0504. The summed E-state index contributed by atoms with van der Waals surface area (Å²) in [5, 5.41) is 6.80. The maximum atomic E-state index is 12.5.